The van der Waals surface area contributed by atoms with E-state index < -0.39 is 0 Å². The van der Waals surface area contributed by atoms with Crippen molar-refractivity contribution < 1.29 is 4.74 Å². The maximum Gasteiger partial charge on any atom is 0.135 e. The predicted octanol–water partition coefficient (Wildman–Crippen LogP) is 2.78. The molecule has 31 heavy (non-hydrogen) atoms. The minimum atomic E-state index is 0.792. The van der Waals surface area contributed by atoms with E-state index in [0.717, 1.165) is 75.6 Å². The van der Waals surface area contributed by atoms with Crippen LogP contribution in [0.2, 0.25) is 0 Å². The molecule has 0 aliphatic carbocycles. The Morgan fingerprint density at radius 2 is 1.45 bits per heavy atom. The van der Waals surface area contributed by atoms with Crippen LogP contribution in [0.15, 0.2) is 61.1 Å². The molecule has 2 fully saturated rings. The number of aromatic nitrogens is 3. The quantitative estimate of drug-likeness (QED) is 0.680. The van der Waals surface area contributed by atoms with Crippen molar-refractivity contribution in [1.29, 1.82) is 0 Å². The molecule has 0 bridgehead atoms. The van der Waals surface area contributed by atoms with Crippen LogP contribution in [0.4, 0.5) is 28.8 Å². The Hall–Kier alpha value is -3.39. The lowest BCUT2D eigenvalue weighted by Gasteiger charge is -2.36. The van der Waals surface area contributed by atoms with Crippen molar-refractivity contribution >= 4 is 28.8 Å². The maximum absolute atomic E-state index is 5.44. The first kappa shape index (κ1) is 19.6. The van der Waals surface area contributed by atoms with Gasteiger partial charge in [-0.3, -0.25) is 0 Å². The van der Waals surface area contributed by atoms with Crippen LogP contribution in [0, 0.1) is 0 Å². The van der Waals surface area contributed by atoms with Gasteiger partial charge in [0, 0.05) is 62.9 Å². The Balaban J connectivity index is 1.20. The van der Waals surface area contributed by atoms with Crippen LogP contribution in [0.5, 0.6) is 0 Å². The molecular formula is C23H27N7O. The smallest absolute Gasteiger partial charge is 0.135 e. The summed E-state index contributed by atoms with van der Waals surface area (Å²) in [5, 5.41) is 3.41. The molecule has 0 saturated carbocycles. The fourth-order valence-electron chi connectivity index (χ4n) is 4.02. The molecule has 0 spiro atoms. The second-order valence-corrected chi connectivity index (χ2v) is 7.69. The van der Waals surface area contributed by atoms with Crippen molar-refractivity contribution in [2.75, 3.05) is 72.5 Å². The molecule has 2 aliphatic heterocycles. The lowest BCUT2D eigenvalue weighted by atomic mass is 10.2. The number of hydrogen-bond donors (Lipinski definition) is 1. The maximum atomic E-state index is 5.44. The van der Waals surface area contributed by atoms with Gasteiger partial charge in [0.1, 0.15) is 23.8 Å². The number of morpholine rings is 1. The topological polar surface area (TPSA) is 69.7 Å². The molecule has 5 rings (SSSR count). The molecular weight excluding hydrogens is 390 g/mol. The minimum absolute atomic E-state index is 0.792. The van der Waals surface area contributed by atoms with E-state index >= 15 is 0 Å². The molecule has 160 valence electrons. The summed E-state index contributed by atoms with van der Waals surface area (Å²) < 4.78 is 5.44. The van der Waals surface area contributed by atoms with Crippen LogP contribution in [0.25, 0.3) is 0 Å². The highest BCUT2D eigenvalue weighted by Gasteiger charge is 2.19. The van der Waals surface area contributed by atoms with E-state index in [1.165, 1.54) is 5.69 Å². The fourth-order valence-corrected chi connectivity index (χ4v) is 4.02. The fraction of sp³-hybridized carbons (Fsp3) is 0.348. The van der Waals surface area contributed by atoms with E-state index in [9.17, 15) is 0 Å². The Bertz CT molecular complexity index is 969. The van der Waals surface area contributed by atoms with E-state index in [4.69, 9.17) is 4.74 Å². The van der Waals surface area contributed by atoms with E-state index in [1.54, 1.807) is 6.33 Å². The molecule has 1 aromatic carbocycles. The third-order valence-electron chi connectivity index (χ3n) is 5.75. The molecule has 0 amide bonds. The Labute approximate surface area is 182 Å². The third-order valence-corrected chi connectivity index (χ3v) is 5.75. The van der Waals surface area contributed by atoms with Gasteiger partial charge in [0.25, 0.3) is 0 Å². The summed E-state index contributed by atoms with van der Waals surface area (Å²) in [6.45, 7) is 7.12. The van der Waals surface area contributed by atoms with Gasteiger partial charge in [-0.1, -0.05) is 6.07 Å². The molecule has 4 heterocycles. The average Bonchev–Trinajstić information content (AvgIpc) is 2.86. The van der Waals surface area contributed by atoms with Crippen molar-refractivity contribution in [2.24, 2.45) is 0 Å². The van der Waals surface area contributed by atoms with Crippen LogP contribution in [0.3, 0.4) is 0 Å². The molecule has 0 radical (unpaired) electrons. The van der Waals surface area contributed by atoms with E-state index in [2.05, 4.69) is 65.3 Å². The van der Waals surface area contributed by atoms with Crippen LogP contribution in [-0.4, -0.2) is 67.4 Å². The summed E-state index contributed by atoms with van der Waals surface area (Å²) in [4.78, 5) is 20.3. The van der Waals surface area contributed by atoms with Crippen LogP contribution >= 0.6 is 0 Å². The molecule has 8 heteroatoms. The molecule has 2 aliphatic rings. The van der Waals surface area contributed by atoms with Crippen molar-refractivity contribution in [1.82, 2.24) is 15.0 Å². The van der Waals surface area contributed by atoms with Crippen LogP contribution in [-0.2, 0) is 4.74 Å². The highest BCUT2D eigenvalue weighted by atomic mass is 16.5. The number of nitrogens with one attached hydrogen (secondary N) is 1. The summed E-state index contributed by atoms with van der Waals surface area (Å²) in [5.41, 5.74) is 2.24. The number of benzene rings is 1. The van der Waals surface area contributed by atoms with Gasteiger partial charge >= 0.3 is 0 Å². The number of nitrogens with zero attached hydrogens (tertiary/aromatic N) is 6. The Kier molecular flexibility index (Phi) is 5.79. The van der Waals surface area contributed by atoms with Gasteiger partial charge in [0.15, 0.2) is 0 Å². The van der Waals surface area contributed by atoms with Gasteiger partial charge in [-0.05, 0) is 36.4 Å². The molecule has 1 N–H and O–H groups in total. The molecule has 0 unspecified atom stereocenters. The lowest BCUT2D eigenvalue weighted by molar-refractivity contribution is 0.122. The zero-order valence-corrected chi connectivity index (χ0v) is 17.5. The first-order chi connectivity index (χ1) is 15.3. The zero-order chi connectivity index (χ0) is 20.9. The van der Waals surface area contributed by atoms with Gasteiger partial charge in [0.05, 0.1) is 13.2 Å². The SMILES string of the molecule is c1ccc(N2CCN(c3cc(Nc4ccc(N5CCOCC5)cc4)ncn3)CC2)nc1. The molecule has 8 nitrogen and oxygen atoms in total. The van der Waals surface area contributed by atoms with Crippen molar-refractivity contribution in [3.8, 4) is 0 Å². The average molecular weight is 418 g/mol. The van der Waals surface area contributed by atoms with Gasteiger partial charge in [-0.15, -0.1) is 0 Å². The number of hydrogen-bond acceptors (Lipinski definition) is 8. The second-order valence-electron chi connectivity index (χ2n) is 7.69. The summed E-state index contributed by atoms with van der Waals surface area (Å²) >= 11 is 0. The van der Waals surface area contributed by atoms with Gasteiger partial charge in [0.2, 0.25) is 0 Å². The molecule has 2 aromatic heterocycles. The zero-order valence-electron chi connectivity index (χ0n) is 17.5. The van der Waals surface area contributed by atoms with Gasteiger partial charge in [-0.2, -0.15) is 0 Å². The molecule has 2 saturated heterocycles. The standard InChI is InChI=1S/C23H27N7O/c1-2-8-24-22(3-1)29-9-11-30(12-10-29)23-17-21(25-18-26-23)27-19-4-6-20(7-5-19)28-13-15-31-16-14-28/h1-8,17-18H,9-16H2,(H,25,26,27). The Morgan fingerprint density at radius 1 is 0.710 bits per heavy atom. The van der Waals surface area contributed by atoms with Gasteiger partial charge < -0.3 is 24.8 Å². The second kappa shape index (κ2) is 9.18. The number of anilines is 5. The summed E-state index contributed by atoms with van der Waals surface area (Å²) in [6.07, 6.45) is 3.47. The first-order valence-corrected chi connectivity index (χ1v) is 10.8. The number of rotatable bonds is 5. The normalized spacial score (nSPS) is 17.0. The molecule has 0 atom stereocenters. The van der Waals surface area contributed by atoms with E-state index in [1.807, 2.05) is 24.4 Å². The number of ether oxygens (including phenoxy) is 1. The van der Waals surface area contributed by atoms with Crippen molar-refractivity contribution in [2.45, 2.75) is 0 Å². The highest BCUT2D eigenvalue weighted by molar-refractivity contribution is 5.63. The van der Waals surface area contributed by atoms with Crippen molar-refractivity contribution in [3.05, 3.63) is 61.1 Å². The highest BCUT2D eigenvalue weighted by Crippen LogP contribution is 2.23. The van der Waals surface area contributed by atoms with Crippen LogP contribution < -0.4 is 20.0 Å². The minimum Gasteiger partial charge on any atom is -0.378 e. The summed E-state index contributed by atoms with van der Waals surface area (Å²) in [7, 11) is 0. The number of pyridine rings is 1. The predicted molar refractivity (Wildman–Crippen MR) is 123 cm³/mol. The summed E-state index contributed by atoms with van der Waals surface area (Å²) in [5.74, 6) is 2.78. The van der Waals surface area contributed by atoms with Crippen molar-refractivity contribution in [3.63, 3.8) is 0 Å². The third kappa shape index (κ3) is 4.69. The Morgan fingerprint density at radius 3 is 2.16 bits per heavy atom. The first-order valence-electron chi connectivity index (χ1n) is 10.8. The lowest BCUT2D eigenvalue weighted by Crippen LogP contribution is -2.47. The summed E-state index contributed by atoms with van der Waals surface area (Å²) in [6, 6.07) is 16.5. The van der Waals surface area contributed by atoms with E-state index in [-0.39, 0.29) is 0 Å². The number of piperazine rings is 1. The van der Waals surface area contributed by atoms with Crippen LogP contribution in [0.1, 0.15) is 0 Å². The largest absolute Gasteiger partial charge is 0.378 e. The molecule has 3 aromatic rings. The monoisotopic (exact) mass is 417 g/mol. The van der Waals surface area contributed by atoms with E-state index in [0.29, 0.717) is 0 Å². The van der Waals surface area contributed by atoms with Gasteiger partial charge in [-0.25, -0.2) is 15.0 Å².